The lowest BCUT2D eigenvalue weighted by Gasteiger charge is -2.20. The first-order valence-electron chi connectivity index (χ1n) is 13.0. The van der Waals surface area contributed by atoms with Crippen molar-refractivity contribution in [2.45, 2.75) is 37.5 Å². The molecule has 12 heteroatoms. The Kier molecular flexibility index (Phi) is 9.92. The maximum atomic E-state index is 13.0. The van der Waals surface area contributed by atoms with Crippen molar-refractivity contribution in [1.82, 2.24) is 20.9 Å². The third kappa shape index (κ3) is 7.70. The van der Waals surface area contributed by atoms with Crippen molar-refractivity contribution >= 4 is 33.9 Å². The average Bonchev–Trinajstić information content (AvgIpc) is 3.57. The van der Waals surface area contributed by atoms with Gasteiger partial charge >= 0.3 is 11.9 Å². The number of benzene rings is 2. The minimum absolute atomic E-state index is 0.277. The number of aliphatic carboxylic acids is 2. The van der Waals surface area contributed by atoms with Gasteiger partial charge < -0.3 is 29.9 Å². The van der Waals surface area contributed by atoms with Crippen LogP contribution in [0.5, 0.6) is 0 Å². The Balaban J connectivity index is 0.000000148. The summed E-state index contributed by atoms with van der Waals surface area (Å²) in [6.07, 6.45) is 5.39. The van der Waals surface area contributed by atoms with Crippen LogP contribution in [0.15, 0.2) is 57.6 Å². The standard InChI is InChI=1S/2C12H13FN2O.C4H4O4/c2*13-9-1-2-10-11(7-9)16-15-12(10)8-3-5-14-6-4-8;5-3(6)1-2-4(7)8/h2*1-2,7-8,14H,3-6H2;1-2H,(H,5,6)(H,7,8)/b;;2-1+. The summed E-state index contributed by atoms with van der Waals surface area (Å²) in [5.41, 5.74) is 3.06. The zero-order valence-electron chi connectivity index (χ0n) is 21.6. The van der Waals surface area contributed by atoms with Crippen LogP contribution in [0.1, 0.15) is 48.9 Å². The van der Waals surface area contributed by atoms with Gasteiger partial charge in [0.15, 0.2) is 11.2 Å². The third-order valence-electron chi connectivity index (χ3n) is 6.74. The Morgan fingerprint density at radius 2 is 1.10 bits per heavy atom. The van der Waals surface area contributed by atoms with E-state index in [0.717, 1.165) is 74.0 Å². The normalized spacial score (nSPS) is 16.4. The number of nitrogens with one attached hydrogen (secondary N) is 2. The van der Waals surface area contributed by atoms with Gasteiger partial charge in [0.2, 0.25) is 0 Å². The predicted molar refractivity (Wildman–Crippen MR) is 142 cm³/mol. The van der Waals surface area contributed by atoms with Crippen molar-refractivity contribution in [3.63, 3.8) is 0 Å². The Hall–Kier alpha value is -4.16. The van der Waals surface area contributed by atoms with Gasteiger partial charge in [-0.3, -0.25) is 0 Å². The SMILES string of the molecule is Fc1ccc2c(C3CCNCC3)noc2c1.Fc1ccc2c(C3CCNCC3)noc2c1.O=C(O)/C=C/C(=O)O. The summed E-state index contributed by atoms with van der Waals surface area (Å²) < 4.78 is 36.3. The number of piperidine rings is 2. The predicted octanol–water partition coefficient (Wildman–Crippen LogP) is 4.58. The highest BCUT2D eigenvalue weighted by atomic mass is 19.1. The zero-order valence-corrected chi connectivity index (χ0v) is 21.6. The number of halogens is 2. The summed E-state index contributed by atoms with van der Waals surface area (Å²) >= 11 is 0. The molecular weight excluding hydrogens is 526 g/mol. The van der Waals surface area contributed by atoms with Gasteiger partial charge in [-0.25, -0.2) is 18.4 Å². The molecule has 40 heavy (non-hydrogen) atoms. The summed E-state index contributed by atoms with van der Waals surface area (Å²) in [6.45, 7) is 4.06. The van der Waals surface area contributed by atoms with Gasteiger partial charge in [-0.05, 0) is 76.1 Å². The summed E-state index contributed by atoms with van der Waals surface area (Å²) in [5.74, 6) is -2.19. The number of aromatic nitrogens is 2. The molecule has 2 aliphatic heterocycles. The lowest BCUT2D eigenvalue weighted by Crippen LogP contribution is -2.26. The van der Waals surface area contributed by atoms with E-state index in [2.05, 4.69) is 20.9 Å². The number of fused-ring (bicyclic) bond motifs is 2. The number of rotatable bonds is 4. The topological polar surface area (TPSA) is 151 Å². The van der Waals surface area contributed by atoms with Crippen molar-refractivity contribution < 1.29 is 37.6 Å². The molecule has 4 N–H and O–H groups in total. The first-order valence-corrected chi connectivity index (χ1v) is 13.0. The Morgan fingerprint density at radius 3 is 1.45 bits per heavy atom. The Labute approximate surface area is 228 Å². The van der Waals surface area contributed by atoms with E-state index in [9.17, 15) is 18.4 Å². The minimum atomic E-state index is -1.26. The summed E-state index contributed by atoms with van der Waals surface area (Å²) in [5, 5.41) is 32.3. The van der Waals surface area contributed by atoms with E-state index in [1.807, 2.05) is 0 Å². The van der Waals surface area contributed by atoms with Gasteiger partial charge in [-0.15, -0.1) is 0 Å². The third-order valence-corrected chi connectivity index (χ3v) is 6.74. The summed E-state index contributed by atoms with van der Waals surface area (Å²) in [4.78, 5) is 19.1. The molecule has 6 rings (SSSR count). The molecular formula is C28H30F2N4O6. The number of carboxylic acid groups (broad SMARTS) is 2. The second-order valence-corrected chi connectivity index (χ2v) is 9.47. The molecule has 0 radical (unpaired) electrons. The van der Waals surface area contributed by atoms with Crippen molar-refractivity contribution in [3.05, 3.63) is 71.6 Å². The van der Waals surface area contributed by atoms with Crippen LogP contribution in [0, 0.1) is 11.6 Å². The van der Waals surface area contributed by atoms with Crippen molar-refractivity contribution in [2.24, 2.45) is 0 Å². The number of carboxylic acids is 2. The highest BCUT2D eigenvalue weighted by molar-refractivity contribution is 5.89. The molecule has 2 aromatic heterocycles. The molecule has 2 aromatic carbocycles. The minimum Gasteiger partial charge on any atom is -0.478 e. The lowest BCUT2D eigenvalue weighted by atomic mass is 9.93. The second kappa shape index (κ2) is 13.8. The van der Waals surface area contributed by atoms with Crippen LogP contribution in [-0.2, 0) is 9.59 Å². The van der Waals surface area contributed by atoms with Crippen molar-refractivity contribution in [3.8, 4) is 0 Å². The van der Waals surface area contributed by atoms with Crippen molar-refractivity contribution in [1.29, 1.82) is 0 Å². The molecule has 212 valence electrons. The van der Waals surface area contributed by atoms with Gasteiger partial charge in [0, 0.05) is 46.9 Å². The van der Waals surface area contributed by atoms with Gasteiger partial charge in [0.25, 0.3) is 0 Å². The molecule has 4 heterocycles. The molecule has 0 unspecified atom stereocenters. The molecule has 4 aromatic rings. The number of hydrogen-bond acceptors (Lipinski definition) is 8. The van der Waals surface area contributed by atoms with E-state index in [0.29, 0.717) is 35.2 Å². The Bertz CT molecular complexity index is 1360. The molecule has 0 saturated carbocycles. The van der Waals surface area contributed by atoms with Gasteiger partial charge in [-0.1, -0.05) is 10.3 Å². The maximum Gasteiger partial charge on any atom is 0.328 e. The fourth-order valence-electron chi connectivity index (χ4n) is 4.78. The first kappa shape index (κ1) is 28.8. The monoisotopic (exact) mass is 556 g/mol. The second-order valence-electron chi connectivity index (χ2n) is 9.47. The Morgan fingerprint density at radius 1 is 0.725 bits per heavy atom. The van der Waals surface area contributed by atoms with Crippen LogP contribution >= 0.6 is 0 Å². The smallest absolute Gasteiger partial charge is 0.328 e. The molecule has 0 bridgehead atoms. The van der Waals surface area contributed by atoms with Crippen LogP contribution in [0.3, 0.4) is 0 Å². The van der Waals surface area contributed by atoms with Gasteiger partial charge in [0.05, 0.1) is 11.4 Å². The van der Waals surface area contributed by atoms with E-state index in [-0.39, 0.29) is 11.6 Å². The van der Waals surface area contributed by atoms with E-state index >= 15 is 0 Å². The molecule has 2 fully saturated rings. The molecule has 0 amide bonds. The average molecular weight is 557 g/mol. The maximum absolute atomic E-state index is 13.0. The van der Waals surface area contributed by atoms with Gasteiger partial charge in [0.1, 0.15) is 11.6 Å². The lowest BCUT2D eigenvalue weighted by molar-refractivity contribution is -0.134. The summed E-state index contributed by atoms with van der Waals surface area (Å²) in [7, 11) is 0. The van der Waals surface area contributed by atoms with Crippen molar-refractivity contribution in [2.75, 3.05) is 26.2 Å². The van der Waals surface area contributed by atoms with Crippen LogP contribution in [-0.4, -0.2) is 58.6 Å². The van der Waals surface area contributed by atoms with E-state index in [1.165, 1.54) is 24.3 Å². The fraction of sp³-hybridized carbons (Fsp3) is 0.357. The van der Waals surface area contributed by atoms with Crippen LogP contribution in [0.4, 0.5) is 8.78 Å². The zero-order chi connectivity index (χ0) is 28.5. The highest BCUT2D eigenvalue weighted by Gasteiger charge is 2.22. The summed E-state index contributed by atoms with van der Waals surface area (Å²) in [6, 6.07) is 9.24. The highest BCUT2D eigenvalue weighted by Crippen LogP contribution is 2.32. The number of carbonyl (C=O) groups is 2. The first-order chi connectivity index (χ1) is 19.3. The molecule has 10 nitrogen and oxygen atoms in total. The van der Waals surface area contributed by atoms with E-state index in [1.54, 1.807) is 12.1 Å². The number of nitrogens with zero attached hydrogens (tertiary/aromatic N) is 2. The van der Waals surface area contributed by atoms with Gasteiger partial charge in [-0.2, -0.15) is 0 Å². The molecule has 0 aliphatic carbocycles. The quantitative estimate of drug-likeness (QED) is 0.263. The van der Waals surface area contributed by atoms with Crippen LogP contribution in [0.25, 0.3) is 21.9 Å². The van der Waals surface area contributed by atoms with Crippen LogP contribution < -0.4 is 10.6 Å². The molecule has 0 atom stereocenters. The number of hydrogen-bond donors (Lipinski definition) is 4. The fourth-order valence-corrected chi connectivity index (χ4v) is 4.78. The molecule has 2 saturated heterocycles. The van der Waals surface area contributed by atoms with E-state index < -0.39 is 11.9 Å². The van der Waals surface area contributed by atoms with Crippen LogP contribution in [0.2, 0.25) is 0 Å². The largest absolute Gasteiger partial charge is 0.478 e. The molecule has 2 aliphatic rings. The van der Waals surface area contributed by atoms with E-state index in [4.69, 9.17) is 19.3 Å². The molecule has 0 spiro atoms.